The quantitative estimate of drug-likeness (QED) is 0.374. The summed E-state index contributed by atoms with van der Waals surface area (Å²) >= 11 is 0. The molecular formula is C14H30N4. The Morgan fingerprint density at radius 1 is 1.17 bits per heavy atom. The van der Waals surface area contributed by atoms with Crippen molar-refractivity contribution in [3.63, 3.8) is 0 Å². The Morgan fingerprint density at radius 2 is 1.89 bits per heavy atom. The van der Waals surface area contributed by atoms with Gasteiger partial charge in [-0.3, -0.25) is 4.99 Å². The largest absolute Gasteiger partial charge is 0.356 e. The van der Waals surface area contributed by atoms with Crippen LogP contribution in [-0.2, 0) is 0 Å². The van der Waals surface area contributed by atoms with E-state index in [4.69, 9.17) is 0 Å². The lowest BCUT2D eigenvalue weighted by Crippen LogP contribution is -2.38. The van der Waals surface area contributed by atoms with Gasteiger partial charge in [-0.1, -0.05) is 13.8 Å². The standard InChI is InChI=1S/C14H30N4/c1-4-18(5-2)11-7-6-10-16-14(15-3)17-12-13-8-9-13/h13H,4-12H2,1-3H3,(H2,15,16,17). The minimum Gasteiger partial charge on any atom is -0.356 e. The molecule has 1 aliphatic rings. The third kappa shape index (κ3) is 6.84. The van der Waals surface area contributed by atoms with Crippen molar-refractivity contribution in [3.05, 3.63) is 0 Å². The van der Waals surface area contributed by atoms with E-state index in [2.05, 4.69) is 34.4 Å². The lowest BCUT2D eigenvalue weighted by molar-refractivity contribution is 0.297. The zero-order valence-electron chi connectivity index (χ0n) is 12.3. The first-order valence-electron chi connectivity index (χ1n) is 7.47. The fourth-order valence-corrected chi connectivity index (χ4v) is 1.99. The average Bonchev–Trinajstić information content (AvgIpc) is 3.21. The molecule has 1 saturated carbocycles. The first-order chi connectivity index (χ1) is 8.80. The highest BCUT2D eigenvalue weighted by Gasteiger charge is 2.20. The second kappa shape index (κ2) is 9.20. The molecule has 0 aliphatic heterocycles. The number of rotatable bonds is 9. The summed E-state index contributed by atoms with van der Waals surface area (Å²) in [5.74, 6) is 1.86. The van der Waals surface area contributed by atoms with Gasteiger partial charge in [0.1, 0.15) is 0 Å². The van der Waals surface area contributed by atoms with Crippen molar-refractivity contribution in [2.45, 2.75) is 39.5 Å². The molecule has 4 nitrogen and oxygen atoms in total. The summed E-state index contributed by atoms with van der Waals surface area (Å²) < 4.78 is 0. The second-order valence-corrected chi connectivity index (χ2v) is 5.06. The molecule has 0 aromatic heterocycles. The van der Waals surface area contributed by atoms with Crippen LogP contribution in [0, 0.1) is 5.92 Å². The Balaban J connectivity index is 1.97. The van der Waals surface area contributed by atoms with Crippen molar-refractivity contribution in [3.8, 4) is 0 Å². The summed E-state index contributed by atoms with van der Waals surface area (Å²) in [6.07, 6.45) is 5.23. The molecule has 4 heteroatoms. The highest BCUT2D eigenvalue weighted by atomic mass is 15.2. The SMILES string of the molecule is CCN(CC)CCCCNC(=NC)NCC1CC1. The number of aliphatic imine (C=N–C) groups is 1. The van der Waals surface area contributed by atoms with Crippen LogP contribution in [0.2, 0.25) is 0 Å². The molecule has 0 heterocycles. The van der Waals surface area contributed by atoms with Crippen molar-refractivity contribution in [1.29, 1.82) is 0 Å². The van der Waals surface area contributed by atoms with Crippen LogP contribution in [0.5, 0.6) is 0 Å². The first kappa shape index (κ1) is 15.3. The Hall–Kier alpha value is -0.770. The molecule has 0 spiro atoms. The molecule has 0 saturated heterocycles. The number of unbranched alkanes of at least 4 members (excludes halogenated alkanes) is 1. The summed E-state index contributed by atoms with van der Waals surface area (Å²) in [5, 5.41) is 6.76. The van der Waals surface area contributed by atoms with Gasteiger partial charge < -0.3 is 15.5 Å². The molecule has 0 unspecified atom stereocenters. The van der Waals surface area contributed by atoms with E-state index in [0.29, 0.717) is 0 Å². The molecule has 0 amide bonds. The molecule has 2 N–H and O–H groups in total. The third-order valence-corrected chi connectivity index (χ3v) is 3.57. The molecule has 1 rings (SSSR count). The predicted molar refractivity (Wildman–Crippen MR) is 79.1 cm³/mol. The van der Waals surface area contributed by atoms with Crippen LogP contribution in [0.1, 0.15) is 39.5 Å². The molecule has 1 fully saturated rings. The van der Waals surface area contributed by atoms with Gasteiger partial charge in [0.05, 0.1) is 0 Å². The van der Waals surface area contributed by atoms with Crippen LogP contribution < -0.4 is 10.6 Å². The van der Waals surface area contributed by atoms with Crippen LogP contribution in [0.4, 0.5) is 0 Å². The van der Waals surface area contributed by atoms with Gasteiger partial charge in [-0.05, 0) is 51.2 Å². The Bertz CT molecular complexity index is 232. The normalized spacial score (nSPS) is 16.1. The summed E-state index contributed by atoms with van der Waals surface area (Å²) in [6, 6.07) is 0. The van der Waals surface area contributed by atoms with E-state index in [1.807, 2.05) is 7.05 Å². The van der Waals surface area contributed by atoms with Gasteiger partial charge >= 0.3 is 0 Å². The molecule has 0 radical (unpaired) electrons. The number of nitrogens with one attached hydrogen (secondary N) is 2. The molecule has 0 bridgehead atoms. The zero-order valence-corrected chi connectivity index (χ0v) is 12.3. The summed E-state index contributed by atoms with van der Waals surface area (Å²) in [4.78, 5) is 6.71. The molecule has 0 aromatic rings. The minimum absolute atomic E-state index is 0.895. The lowest BCUT2D eigenvalue weighted by atomic mass is 10.3. The van der Waals surface area contributed by atoms with E-state index in [1.54, 1.807) is 0 Å². The van der Waals surface area contributed by atoms with Gasteiger partial charge in [0.15, 0.2) is 5.96 Å². The fraction of sp³-hybridized carbons (Fsp3) is 0.929. The second-order valence-electron chi connectivity index (χ2n) is 5.06. The molecule has 1 aliphatic carbocycles. The van der Waals surface area contributed by atoms with Gasteiger partial charge in [-0.15, -0.1) is 0 Å². The maximum Gasteiger partial charge on any atom is 0.190 e. The summed E-state index contributed by atoms with van der Waals surface area (Å²) in [6.45, 7) is 10.1. The van der Waals surface area contributed by atoms with E-state index >= 15 is 0 Å². The Morgan fingerprint density at radius 3 is 2.44 bits per heavy atom. The van der Waals surface area contributed by atoms with Crippen molar-refractivity contribution in [2.24, 2.45) is 10.9 Å². The van der Waals surface area contributed by atoms with E-state index in [9.17, 15) is 0 Å². The van der Waals surface area contributed by atoms with E-state index < -0.39 is 0 Å². The monoisotopic (exact) mass is 254 g/mol. The maximum absolute atomic E-state index is 4.24. The highest BCUT2D eigenvalue weighted by molar-refractivity contribution is 5.79. The molecule has 106 valence electrons. The van der Waals surface area contributed by atoms with Gasteiger partial charge in [0.25, 0.3) is 0 Å². The number of hydrogen-bond donors (Lipinski definition) is 2. The van der Waals surface area contributed by atoms with Crippen LogP contribution in [0.3, 0.4) is 0 Å². The van der Waals surface area contributed by atoms with E-state index in [0.717, 1.165) is 38.1 Å². The number of guanidine groups is 1. The minimum atomic E-state index is 0.895. The van der Waals surface area contributed by atoms with Crippen LogP contribution in [0.25, 0.3) is 0 Å². The fourth-order valence-electron chi connectivity index (χ4n) is 1.99. The van der Waals surface area contributed by atoms with Gasteiger partial charge in [-0.2, -0.15) is 0 Å². The van der Waals surface area contributed by atoms with Crippen LogP contribution in [0.15, 0.2) is 4.99 Å². The zero-order chi connectivity index (χ0) is 13.2. The van der Waals surface area contributed by atoms with Crippen molar-refractivity contribution < 1.29 is 0 Å². The van der Waals surface area contributed by atoms with Crippen molar-refractivity contribution in [1.82, 2.24) is 15.5 Å². The van der Waals surface area contributed by atoms with Crippen LogP contribution >= 0.6 is 0 Å². The molecular weight excluding hydrogens is 224 g/mol. The average molecular weight is 254 g/mol. The van der Waals surface area contributed by atoms with Gasteiger partial charge in [-0.25, -0.2) is 0 Å². The van der Waals surface area contributed by atoms with Crippen molar-refractivity contribution in [2.75, 3.05) is 39.8 Å². The van der Waals surface area contributed by atoms with Crippen LogP contribution in [-0.4, -0.2) is 50.6 Å². The van der Waals surface area contributed by atoms with E-state index in [-0.39, 0.29) is 0 Å². The van der Waals surface area contributed by atoms with Gasteiger partial charge in [0.2, 0.25) is 0 Å². The third-order valence-electron chi connectivity index (χ3n) is 3.57. The Kier molecular flexibility index (Phi) is 7.81. The maximum atomic E-state index is 4.24. The molecule has 18 heavy (non-hydrogen) atoms. The lowest BCUT2D eigenvalue weighted by Gasteiger charge is -2.18. The topological polar surface area (TPSA) is 39.7 Å². The summed E-state index contributed by atoms with van der Waals surface area (Å²) in [7, 11) is 1.85. The molecule has 0 atom stereocenters. The Labute approximate surface area is 112 Å². The van der Waals surface area contributed by atoms with E-state index in [1.165, 1.54) is 32.2 Å². The van der Waals surface area contributed by atoms with Crippen molar-refractivity contribution >= 4 is 5.96 Å². The smallest absolute Gasteiger partial charge is 0.190 e. The highest BCUT2D eigenvalue weighted by Crippen LogP contribution is 2.27. The predicted octanol–water partition coefficient (Wildman–Crippen LogP) is 1.68. The van der Waals surface area contributed by atoms with Gasteiger partial charge in [0, 0.05) is 20.1 Å². The summed E-state index contributed by atoms with van der Waals surface area (Å²) in [5.41, 5.74) is 0. The number of hydrogen-bond acceptors (Lipinski definition) is 2. The molecule has 0 aromatic carbocycles. The first-order valence-corrected chi connectivity index (χ1v) is 7.47. The number of nitrogens with zero attached hydrogens (tertiary/aromatic N) is 2.